The predicted molar refractivity (Wildman–Crippen MR) is 91.0 cm³/mol. The minimum Gasteiger partial charge on any atom is -0.368 e. The molecule has 1 aromatic carbocycles. The molecule has 7 nitrogen and oxygen atoms in total. The number of carbonyl (C=O) groups is 2. The van der Waals surface area contributed by atoms with E-state index in [1.807, 2.05) is 19.9 Å². The molecule has 2 amide bonds. The maximum Gasteiger partial charge on any atom is 0.274 e. The van der Waals surface area contributed by atoms with Crippen LogP contribution in [-0.2, 0) is 4.79 Å². The zero-order valence-electron chi connectivity index (χ0n) is 13.8. The second kappa shape index (κ2) is 7.44. The van der Waals surface area contributed by atoms with E-state index in [-0.39, 0.29) is 11.6 Å². The normalized spacial score (nSPS) is 13.3. The van der Waals surface area contributed by atoms with Crippen LogP contribution in [0.3, 0.4) is 0 Å². The Balaban J connectivity index is 2.29. The van der Waals surface area contributed by atoms with Crippen molar-refractivity contribution in [3.05, 3.63) is 40.7 Å². The Hall–Kier alpha value is -2.41. The maximum absolute atomic E-state index is 12.5. The van der Waals surface area contributed by atoms with Gasteiger partial charge in [-0.25, -0.2) is 4.68 Å². The largest absolute Gasteiger partial charge is 0.368 e. The van der Waals surface area contributed by atoms with Gasteiger partial charge in [0.2, 0.25) is 5.91 Å². The van der Waals surface area contributed by atoms with Gasteiger partial charge < -0.3 is 11.1 Å². The third-order valence-corrected chi connectivity index (χ3v) is 4.32. The Morgan fingerprint density at radius 1 is 1.38 bits per heavy atom. The SMILES string of the molecule is CC[C@H](C)[C@H](NC(=O)c1nnn(-c2ccccc2Cl)c1C)C(N)=O. The van der Waals surface area contributed by atoms with Gasteiger partial charge in [-0.2, -0.15) is 0 Å². The molecule has 8 heteroatoms. The first kappa shape index (κ1) is 17.9. The summed E-state index contributed by atoms with van der Waals surface area (Å²) in [7, 11) is 0. The van der Waals surface area contributed by atoms with E-state index < -0.39 is 17.9 Å². The molecule has 2 aromatic rings. The number of carbonyl (C=O) groups excluding carboxylic acids is 2. The topological polar surface area (TPSA) is 103 Å². The van der Waals surface area contributed by atoms with E-state index in [0.717, 1.165) is 0 Å². The molecular formula is C16H20ClN5O2. The number of amides is 2. The van der Waals surface area contributed by atoms with Gasteiger partial charge in [0.05, 0.1) is 16.4 Å². The lowest BCUT2D eigenvalue weighted by Crippen LogP contribution is -2.48. The highest BCUT2D eigenvalue weighted by Crippen LogP contribution is 2.21. The quantitative estimate of drug-likeness (QED) is 0.830. The molecule has 0 aliphatic rings. The van der Waals surface area contributed by atoms with E-state index in [4.69, 9.17) is 17.3 Å². The number of primary amides is 1. The number of hydrogen-bond donors (Lipinski definition) is 2. The van der Waals surface area contributed by atoms with E-state index >= 15 is 0 Å². The number of hydrogen-bond acceptors (Lipinski definition) is 4. The van der Waals surface area contributed by atoms with Crippen LogP contribution in [0.15, 0.2) is 24.3 Å². The molecule has 2 rings (SSSR count). The molecule has 1 heterocycles. The molecule has 128 valence electrons. The molecular weight excluding hydrogens is 330 g/mol. The number of nitrogens with two attached hydrogens (primary N) is 1. The van der Waals surface area contributed by atoms with Gasteiger partial charge in [0.1, 0.15) is 6.04 Å². The molecule has 0 saturated carbocycles. The van der Waals surface area contributed by atoms with Crippen LogP contribution in [0.25, 0.3) is 5.69 Å². The fraction of sp³-hybridized carbons (Fsp3) is 0.375. The van der Waals surface area contributed by atoms with Crippen molar-refractivity contribution in [1.29, 1.82) is 0 Å². The summed E-state index contributed by atoms with van der Waals surface area (Å²) in [6, 6.07) is 6.36. The number of rotatable bonds is 6. The molecule has 0 aliphatic heterocycles. The van der Waals surface area contributed by atoms with Gasteiger partial charge in [-0.1, -0.05) is 49.2 Å². The van der Waals surface area contributed by atoms with Gasteiger partial charge in [0.15, 0.2) is 5.69 Å². The highest BCUT2D eigenvalue weighted by molar-refractivity contribution is 6.32. The number of benzene rings is 1. The van der Waals surface area contributed by atoms with E-state index in [1.54, 1.807) is 25.1 Å². The molecule has 3 N–H and O–H groups in total. The number of aromatic nitrogens is 3. The van der Waals surface area contributed by atoms with E-state index in [1.165, 1.54) is 4.68 Å². The molecule has 0 aliphatic carbocycles. The molecule has 0 saturated heterocycles. The van der Waals surface area contributed by atoms with Crippen LogP contribution < -0.4 is 11.1 Å². The van der Waals surface area contributed by atoms with Gasteiger partial charge in [-0.05, 0) is 25.0 Å². The van der Waals surface area contributed by atoms with Crippen molar-refractivity contribution >= 4 is 23.4 Å². The minimum atomic E-state index is -0.757. The second-order valence-corrected chi connectivity index (χ2v) is 6.03. The Kier molecular flexibility index (Phi) is 5.56. The van der Waals surface area contributed by atoms with Crippen LogP contribution in [-0.4, -0.2) is 32.9 Å². The van der Waals surface area contributed by atoms with Gasteiger partial charge in [0.25, 0.3) is 5.91 Å². The average Bonchev–Trinajstić information content (AvgIpc) is 2.93. The first-order valence-corrected chi connectivity index (χ1v) is 8.02. The summed E-state index contributed by atoms with van der Waals surface area (Å²) in [6.45, 7) is 5.48. The standard InChI is InChI=1S/C16H20ClN5O2/c1-4-9(2)13(15(18)23)19-16(24)14-10(3)22(21-20-14)12-8-6-5-7-11(12)17/h5-9,13H,4H2,1-3H3,(H2,18,23)(H,19,24)/t9-,13-/m0/s1. The van der Waals surface area contributed by atoms with Crippen LogP contribution >= 0.6 is 11.6 Å². The second-order valence-electron chi connectivity index (χ2n) is 5.63. The summed E-state index contributed by atoms with van der Waals surface area (Å²) in [5.41, 5.74) is 6.65. The number of halogens is 1. The average molecular weight is 350 g/mol. The zero-order valence-corrected chi connectivity index (χ0v) is 14.5. The molecule has 0 fully saturated rings. The molecule has 0 unspecified atom stereocenters. The van der Waals surface area contributed by atoms with Crippen molar-refractivity contribution in [3.8, 4) is 5.69 Å². The summed E-state index contributed by atoms with van der Waals surface area (Å²) in [5.74, 6) is -1.14. The maximum atomic E-state index is 12.5. The molecule has 0 spiro atoms. The molecule has 1 aromatic heterocycles. The number of nitrogens with one attached hydrogen (secondary N) is 1. The molecule has 0 bridgehead atoms. The van der Waals surface area contributed by atoms with Gasteiger partial charge in [0, 0.05) is 0 Å². The van der Waals surface area contributed by atoms with Gasteiger partial charge >= 0.3 is 0 Å². The monoisotopic (exact) mass is 349 g/mol. The lowest BCUT2D eigenvalue weighted by molar-refractivity contribution is -0.120. The fourth-order valence-corrected chi connectivity index (χ4v) is 2.55. The molecule has 2 atom stereocenters. The highest BCUT2D eigenvalue weighted by atomic mass is 35.5. The van der Waals surface area contributed by atoms with E-state index in [0.29, 0.717) is 22.8 Å². The Labute approximate surface area is 145 Å². The van der Waals surface area contributed by atoms with Crippen molar-refractivity contribution < 1.29 is 9.59 Å². The van der Waals surface area contributed by atoms with Crippen molar-refractivity contribution in [2.75, 3.05) is 0 Å². The summed E-state index contributed by atoms with van der Waals surface area (Å²) >= 11 is 6.16. The Bertz CT molecular complexity index is 759. The summed E-state index contributed by atoms with van der Waals surface area (Å²) in [4.78, 5) is 24.0. The van der Waals surface area contributed by atoms with Crippen molar-refractivity contribution in [1.82, 2.24) is 20.3 Å². The van der Waals surface area contributed by atoms with Crippen LogP contribution in [0.2, 0.25) is 5.02 Å². The minimum absolute atomic E-state index is 0.0784. The highest BCUT2D eigenvalue weighted by Gasteiger charge is 2.27. The third kappa shape index (κ3) is 3.56. The van der Waals surface area contributed by atoms with Crippen molar-refractivity contribution in [2.24, 2.45) is 11.7 Å². The molecule has 0 radical (unpaired) electrons. The summed E-state index contributed by atoms with van der Waals surface area (Å²) in [6.07, 6.45) is 0.708. The molecule has 24 heavy (non-hydrogen) atoms. The smallest absolute Gasteiger partial charge is 0.274 e. The van der Waals surface area contributed by atoms with Crippen molar-refractivity contribution in [2.45, 2.75) is 33.2 Å². The van der Waals surface area contributed by atoms with Gasteiger partial charge in [-0.15, -0.1) is 5.10 Å². The Morgan fingerprint density at radius 3 is 2.62 bits per heavy atom. The Morgan fingerprint density at radius 2 is 2.04 bits per heavy atom. The third-order valence-electron chi connectivity index (χ3n) is 4.00. The van der Waals surface area contributed by atoms with E-state index in [9.17, 15) is 9.59 Å². The summed E-state index contributed by atoms with van der Waals surface area (Å²) in [5, 5.41) is 11.0. The number of nitrogens with zero attached hydrogens (tertiary/aromatic N) is 3. The lowest BCUT2D eigenvalue weighted by Gasteiger charge is -2.20. The van der Waals surface area contributed by atoms with Crippen LogP contribution in [0.1, 0.15) is 36.5 Å². The van der Waals surface area contributed by atoms with Crippen LogP contribution in [0, 0.1) is 12.8 Å². The number of para-hydroxylation sites is 1. The zero-order chi connectivity index (χ0) is 17.9. The summed E-state index contributed by atoms with van der Waals surface area (Å²) < 4.78 is 1.49. The van der Waals surface area contributed by atoms with Crippen LogP contribution in [0.5, 0.6) is 0 Å². The first-order valence-electron chi connectivity index (χ1n) is 7.64. The van der Waals surface area contributed by atoms with Crippen LogP contribution in [0.4, 0.5) is 0 Å². The fourth-order valence-electron chi connectivity index (χ4n) is 2.33. The lowest BCUT2D eigenvalue weighted by atomic mass is 9.98. The van der Waals surface area contributed by atoms with Gasteiger partial charge in [-0.3, -0.25) is 9.59 Å². The predicted octanol–water partition coefficient (Wildman–Crippen LogP) is 1.86. The van der Waals surface area contributed by atoms with Crippen molar-refractivity contribution in [3.63, 3.8) is 0 Å². The first-order chi connectivity index (χ1) is 11.4. The van der Waals surface area contributed by atoms with E-state index in [2.05, 4.69) is 15.6 Å².